The maximum Gasteiger partial charge on any atom is 0.335 e. The van der Waals surface area contributed by atoms with Crippen molar-refractivity contribution in [2.45, 2.75) is 6.92 Å². The molecule has 0 saturated carbocycles. The molecule has 0 unspecified atom stereocenters. The van der Waals surface area contributed by atoms with Gasteiger partial charge in [0.2, 0.25) is 0 Å². The van der Waals surface area contributed by atoms with E-state index >= 15 is 0 Å². The summed E-state index contributed by atoms with van der Waals surface area (Å²) < 4.78 is 13.3. The Morgan fingerprint density at radius 1 is 1.22 bits per heavy atom. The predicted octanol–water partition coefficient (Wildman–Crippen LogP) is 3.20. The molecule has 18 heavy (non-hydrogen) atoms. The number of benzene rings is 2. The van der Waals surface area contributed by atoms with E-state index in [9.17, 15) is 9.18 Å². The Labute approximate surface area is 103 Å². The standard InChI is InChI=1S/C14H11FO3/c1-8-10(3-2-4-11(8)14(17)18)9-5-6-13(16)12(15)7-9/h2-7,16H,1H3,(H,17,18). The van der Waals surface area contributed by atoms with E-state index in [2.05, 4.69) is 0 Å². The van der Waals surface area contributed by atoms with E-state index in [1.54, 1.807) is 25.1 Å². The SMILES string of the molecule is Cc1c(C(=O)O)cccc1-c1ccc(O)c(F)c1. The van der Waals surface area contributed by atoms with Gasteiger partial charge in [0.1, 0.15) is 0 Å². The Hall–Kier alpha value is -2.36. The largest absolute Gasteiger partial charge is 0.505 e. The van der Waals surface area contributed by atoms with Crippen LogP contribution in [0.1, 0.15) is 15.9 Å². The second-order valence-electron chi connectivity index (χ2n) is 3.95. The summed E-state index contributed by atoms with van der Waals surface area (Å²) in [6, 6.07) is 8.80. The highest BCUT2D eigenvalue weighted by molar-refractivity contribution is 5.92. The maximum absolute atomic E-state index is 13.3. The molecule has 0 radical (unpaired) electrons. The van der Waals surface area contributed by atoms with Crippen molar-refractivity contribution in [3.05, 3.63) is 53.3 Å². The van der Waals surface area contributed by atoms with Gasteiger partial charge in [-0.1, -0.05) is 18.2 Å². The summed E-state index contributed by atoms with van der Waals surface area (Å²) in [4.78, 5) is 11.0. The summed E-state index contributed by atoms with van der Waals surface area (Å²) in [5.74, 6) is -2.17. The van der Waals surface area contributed by atoms with E-state index < -0.39 is 17.5 Å². The van der Waals surface area contributed by atoms with Gasteiger partial charge in [-0.15, -0.1) is 0 Å². The van der Waals surface area contributed by atoms with Crippen LogP contribution in [0, 0.1) is 12.7 Å². The molecule has 2 aromatic carbocycles. The van der Waals surface area contributed by atoms with Crippen LogP contribution in [0.5, 0.6) is 5.75 Å². The molecule has 2 rings (SSSR count). The first-order valence-electron chi connectivity index (χ1n) is 5.32. The summed E-state index contributed by atoms with van der Waals surface area (Å²) in [6.45, 7) is 1.67. The Morgan fingerprint density at radius 3 is 2.56 bits per heavy atom. The number of phenolic OH excluding ortho intramolecular Hbond substituents is 1. The van der Waals surface area contributed by atoms with Crippen molar-refractivity contribution in [2.24, 2.45) is 0 Å². The number of hydrogen-bond donors (Lipinski definition) is 2. The number of aromatic carboxylic acids is 1. The van der Waals surface area contributed by atoms with Gasteiger partial charge in [-0.25, -0.2) is 9.18 Å². The van der Waals surface area contributed by atoms with Gasteiger partial charge in [0, 0.05) is 0 Å². The summed E-state index contributed by atoms with van der Waals surface area (Å²) >= 11 is 0. The van der Waals surface area contributed by atoms with Gasteiger partial charge in [0.05, 0.1) is 5.56 Å². The number of rotatable bonds is 2. The number of carboxylic acids is 1. The van der Waals surface area contributed by atoms with E-state index in [1.807, 2.05) is 0 Å². The second-order valence-corrected chi connectivity index (χ2v) is 3.95. The number of phenols is 1. The molecule has 0 heterocycles. The van der Waals surface area contributed by atoms with Gasteiger partial charge in [-0.05, 0) is 41.8 Å². The van der Waals surface area contributed by atoms with E-state index in [1.165, 1.54) is 18.2 Å². The zero-order valence-electron chi connectivity index (χ0n) is 9.64. The third-order valence-corrected chi connectivity index (χ3v) is 2.82. The molecule has 0 amide bonds. The molecular weight excluding hydrogens is 235 g/mol. The quantitative estimate of drug-likeness (QED) is 0.855. The van der Waals surface area contributed by atoms with Crippen molar-refractivity contribution in [3.8, 4) is 16.9 Å². The molecule has 92 valence electrons. The zero-order chi connectivity index (χ0) is 13.3. The molecule has 0 aliphatic carbocycles. The average Bonchev–Trinajstić information content (AvgIpc) is 2.33. The van der Waals surface area contributed by atoms with E-state index in [0.29, 0.717) is 16.7 Å². The molecule has 0 fully saturated rings. The fourth-order valence-electron chi connectivity index (χ4n) is 1.85. The molecular formula is C14H11FO3. The first-order valence-corrected chi connectivity index (χ1v) is 5.32. The van der Waals surface area contributed by atoms with Gasteiger partial charge < -0.3 is 10.2 Å². The lowest BCUT2D eigenvalue weighted by Gasteiger charge is -2.09. The third-order valence-electron chi connectivity index (χ3n) is 2.82. The number of carboxylic acid groups (broad SMARTS) is 1. The van der Waals surface area contributed by atoms with Crippen molar-refractivity contribution in [2.75, 3.05) is 0 Å². The summed E-state index contributed by atoms with van der Waals surface area (Å²) in [6.07, 6.45) is 0. The van der Waals surface area contributed by atoms with Gasteiger partial charge in [-0.2, -0.15) is 0 Å². The van der Waals surface area contributed by atoms with Crippen LogP contribution in [0.3, 0.4) is 0 Å². The van der Waals surface area contributed by atoms with Gasteiger partial charge in [0.25, 0.3) is 0 Å². The molecule has 3 nitrogen and oxygen atoms in total. The topological polar surface area (TPSA) is 57.5 Å². The molecule has 0 spiro atoms. The third kappa shape index (κ3) is 2.05. The van der Waals surface area contributed by atoms with Gasteiger partial charge >= 0.3 is 5.97 Å². The van der Waals surface area contributed by atoms with E-state index in [0.717, 1.165) is 0 Å². The molecule has 0 atom stereocenters. The van der Waals surface area contributed by atoms with Crippen LogP contribution in [-0.2, 0) is 0 Å². The van der Waals surface area contributed by atoms with Crippen molar-refractivity contribution >= 4 is 5.97 Å². The van der Waals surface area contributed by atoms with Crippen LogP contribution >= 0.6 is 0 Å². The lowest BCUT2D eigenvalue weighted by Crippen LogP contribution is -2.00. The minimum atomic E-state index is -1.02. The van der Waals surface area contributed by atoms with Crippen molar-refractivity contribution in [1.82, 2.24) is 0 Å². The maximum atomic E-state index is 13.3. The fourth-order valence-corrected chi connectivity index (χ4v) is 1.85. The van der Waals surface area contributed by atoms with Crippen molar-refractivity contribution in [1.29, 1.82) is 0 Å². The number of aromatic hydroxyl groups is 1. The van der Waals surface area contributed by atoms with Crippen molar-refractivity contribution < 1.29 is 19.4 Å². The highest BCUT2D eigenvalue weighted by atomic mass is 19.1. The highest BCUT2D eigenvalue weighted by Gasteiger charge is 2.12. The van der Waals surface area contributed by atoms with E-state index in [-0.39, 0.29) is 5.56 Å². The molecule has 2 N–H and O–H groups in total. The predicted molar refractivity (Wildman–Crippen MR) is 65.2 cm³/mol. The van der Waals surface area contributed by atoms with Crippen LogP contribution in [0.15, 0.2) is 36.4 Å². The summed E-state index contributed by atoms with van der Waals surface area (Å²) in [5, 5.41) is 18.2. The number of hydrogen-bond acceptors (Lipinski definition) is 2. The Bertz CT molecular complexity index is 620. The van der Waals surface area contributed by atoms with Crippen LogP contribution in [0.25, 0.3) is 11.1 Å². The molecule has 0 aromatic heterocycles. The van der Waals surface area contributed by atoms with Gasteiger partial charge in [0.15, 0.2) is 11.6 Å². The zero-order valence-corrected chi connectivity index (χ0v) is 9.64. The minimum Gasteiger partial charge on any atom is -0.505 e. The highest BCUT2D eigenvalue weighted by Crippen LogP contribution is 2.28. The second kappa shape index (κ2) is 4.49. The minimum absolute atomic E-state index is 0.181. The van der Waals surface area contributed by atoms with Crippen LogP contribution in [0.2, 0.25) is 0 Å². The number of halogens is 1. The Morgan fingerprint density at radius 2 is 1.94 bits per heavy atom. The first kappa shape index (κ1) is 12.1. The monoisotopic (exact) mass is 246 g/mol. The van der Waals surface area contributed by atoms with Crippen LogP contribution < -0.4 is 0 Å². The van der Waals surface area contributed by atoms with Crippen molar-refractivity contribution in [3.63, 3.8) is 0 Å². The lowest BCUT2D eigenvalue weighted by atomic mass is 9.96. The molecule has 0 bridgehead atoms. The normalized spacial score (nSPS) is 10.3. The molecule has 2 aromatic rings. The molecule has 0 aliphatic heterocycles. The summed E-state index contributed by atoms with van der Waals surface area (Å²) in [7, 11) is 0. The fraction of sp³-hybridized carbons (Fsp3) is 0.0714. The van der Waals surface area contributed by atoms with Crippen LogP contribution in [-0.4, -0.2) is 16.2 Å². The number of carbonyl (C=O) groups is 1. The lowest BCUT2D eigenvalue weighted by molar-refractivity contribution is 0.0696. The molecule has 0 saturated heterocycles. The summed E-state index contributed by atoms with van der Waals surface area (Å²) in [5.41, 5.74) is 1.91. The Balaban J connectivity index is 2.60. The smallest absolute Gasteiger partial charge is 0.335 e. The Kier molecular flexibility index (Phi) is 3.02. The first-order chi connectivity index (χ1) is 8.50. The van der Waals surface area contributed by atoms with E-state index in [4.69, 9.17) is 10.2 Å². The molecule has 4 heteroatoms. The average molecular weight is 246 g/mol. The molecule has 0 aliphatic rings. The van der Waals surface area contributed by atoms with Crippen LogP contribution in [0.4, 0.5) is 4.39 Å². The van der Waals surface area contributed by atoms with Gasteiger partial charge in [-0.3, -0.25) is 0 Å².